The van der Waals surface area contributed by atoms with Gasteiger partial charge in [0.1, 0.15) is 35.4 Å². The minimum Gasteiger partial charge on any atom is -0.494 e. The number of methoxy groups -OCH3 is 2. The van der Waals surface area contributed by atoms with Crippen LogP contribution in [0.2, 0.25) is 0 Å². The summed E-state index contributed by atoms with van der Waals surface area (Å²) in [6, 6.07) is 11.3. The van der Waals surface area contributed by atoms with E-state index in [1.807, 2.05) is 6.07 Å². The summed E-state index contributed by atoms with van der Waals surface area (Å²) in [5, 5.41) is 11.4. The molecule has 2 aliphatic rings. The summed E-state index contributed by atoms with van der Waals surface area (Å²) in [4.78, 5) is 32.3. The molecule has 0 spiro atoms. The highest BCUT2D eigenvalue weighted by Gasteiger charge is 2.34. The van der Waals surface area contributed by atoms with Crippen LogP contribution in [0.25, 0.3) is 5.69 Å². The molecule has 1 amide bonds. The molecule has 1 atom stereocenters. The average molecular weight is 510 g/mol. The van der Waals surface area contributed by atoms with Crippen molar-refractivity contribution in [3.63, 3.8) is 0 Å². The molecule has 2 aromatic carbocycles. The molecule has 9 nitrogen and oxygen atoms in total. The number of hydrogen-bond acceptors (Lipinski definition) is 7. The molecule has 2 heterocycles. The van der Waals surface area contributed by atoms with Crippen molar-refractivity contribution >= 4 is 5.91 Å². The predicted octanol–water partition coefficient (Wildman–Crippen LogP) is 3.40. The number of halogens is 1. The van der Waals surface area contributed by atoms with E-state index in [9.17, 15) is 19.1 Å². The van der Waals surface area contributed by atoms with E-state index >= 15 is 0 Å². The second-order valence-corrected chi connectivity index (χ2v) is 9.18. The maximum Gasteiger partial charge on any atom is 0.289 e. The van der Waals surface area contributed by atoms with E-state index in [4.69, 9.17) is 14.2 Å². The number of carbonyl (C=O) groups is 1. The molecule has 3 aromatic rings. The van der Waals surface area contributed by atoms with E-state index in [-0.39, 0.29) is 36.8 Å². The Morgan fingerprint density at radius 3 is 2.46 bits per heavy atom. The molecule has 1 saturated carbocycles. The molecule has 10 heteroatoms. The molecule has 1 aliphatic heterocycles. The Balaban J connectivity index is 1.56. The third kappa shape index (κ3) is 4.89. The number of nitrogens with zero attached hydrogens (tertiary/aromatic N) is 3. The maximum atomic E-state index is 13.7. The molecule has 1 aromatic heterocycles. The largest absolute Gasteiger partial charge is 0.494 e. The van der Waals surface area contributed by atoms with Crippen LogP contribution in [0.4, 0.5) is 4.39 Å². The summed E-state index contributed by atoms with van der Waals surface area (Å²) in [6.07, 6.45) is 2.49. The van der Waals surface area contributed by atoms with Crippen molar-refractivity contribution in [1.29, 1.82) is 0 Å². The predicted molar refractivity (Wildman–Crippen MR) is 132 cm³/mol. The maximum absolute atomic E-state index is 13.7. The quantitative estimate of drug-likeness (QED) is 0.497. The first-order valence-corrected chi connectivity index (χ1v) is 12.1. The Bertz CT molecular complexity index is 1360. The van der Waals surface area contributed by atoms with Gasteiger partial charge in [0, 0.05) is 19.0 Å². The molecular weight excluding hydrogens is 481 g/mol. The fourth-order valence-corrected chi connectivity index (χ4v) is 4.69. The van der Waals surface area contributed by atoms with Crippen LogP contribution in [-0.4, -0.2) is 58.9 Å². The van der Waals surface area contributed by atoms with Crippen LogP contribution in [0, 0.1) is 5.82 Å². The topological polar surface area (TPSA) is 103 Å². The number of hydrogen-bond donors (Lipinski definition) is 1. The Kier molecular flexibility index (Phi) is 6.84. The molecule has 37 heavy (non-hydrogen) atoms. The van der Waals surface area contributed by atoms with Gasteiger partial charge >= 0.3 is 0 Å². The number of benzene rings is 2. The lowest BCUT2D eigenvalue weighted by molar-refractivity contribution is 0.0780. The van der Waals surface area contributed by atoms with E-state index in [1.165, 1.54) is 35.8 Å². The Labute approximate surface area is 213 Å². The molecule has 0 bridgehead atoms. The first-order valence-electron chi connectivity index (χ1n) is 12.1. The number of carbonyl (C=O) groups excluding carboxylic acids is 1. The number of likely N-dealkylation sites (tertiary alicyclic amines) is 1. The number of ether oxygens (including phenoxy) is 3. The van der Waals surface area contributed by atoms with Gasteiger partial charge in [-0.25, -0.2) is 4.39 Å². The monoisotopic (exact) mass is 509 g/mol. The molecule has 5 rings (SSSR count). The lowest BCUT2D eigenvalue weighted by Gasteiger charge is -2.22. The van der Waals surface area contributed by atoms with Crippen molar-refractivity contribution in [2.75, 3.05) is 27.3 Å². The fourth-order valence-electron chi connectivity index (χ4n) is 4.69. The van der Waals surface area contributed by atoms with Gasteiger partial charge in [-0.15, -0.1) is 0 Å². The van der Waals surface area contributed by atoms with Crippen LogP contribution < -0.4 is 15.0 Å². The van der Waals surface area contributed by atoms with Gasteiger partial charge in [-0.1, -0.05) is 18.2 Å². The van der Waals surface area contributed by atoms with Gasteiger partial charge in [-0.3, -0.25) is 14.2 Å². The van der Waals surface area contributed by atoms with Crippen LogP contribution in [0.3, 0.4) is 0 Å². The van der Waals surface area contributed by atoms with E-state index in [0.717, 1.165) is 18.4 Å². The Morgan fingerprint density at radius 2 is 1.81 bits per heavy atom. The van der Waals surface area contributed by atoms with E-state index in [1.54, 1.807) is 24.3 Å². The highest BCUT2D eigenvalue weighted by atomic mass is 19.1. The normalized spacial score (nSPS) is 17.2. The molecule has 1 unspecified atom stereocenters. The molecular formula is C27H28FN3O6. The van der Waals surface area contributed by atoms with Crippen LogP contribution >= 0.6 is 0 Å². The second-order valence-electron chi connectivity index (χ2n) is 9.18. The summed E-state index contributed by atoms with van der Waals surface area (Å²) in [5.74, 6) is -0.841. The van der Waals surface area contributed by atoms with Crippen molar-refractivity contribution in [2.24, 2.45) is 0 Å². The van der Waals surface area contributed by atoms with Crippen molar-refractivity contribution in [1.82, 2.24) is 14.5 Å². The van der Waals surface area contributed by atoms with Crippen LogP contribution in [0.1, 0.15) is 46.9 Å². The van der Waals surface area contributed by atoms with E-state index in [2.05, 4.69) is 4.98 Å². The van der Waals surface area contributed by atoms with Gasteiger partial charge in [0.15, 0.2) is 5.56 Å². The van der Waals surface area contributed by atoms with Gasteiger partial charge < -0.3 is 24.2 Å². The average Bonchev–Trinajstić information content (AvgIpc) is 3.59. The van der Waals surface area contributed by atoms with Crippen molar-refractivity contribution < 1.29 is 28.5 Å². The molecule has 1 aliphatic carbocycles. The highest BCUT2D eigenvalue weighted by molar-refractivity contribution is 5.96. The molecule has 2 fully saturated rings. The zero-order valence-electron chi connectivity index (χ0n) is 20.6. The summed E-state index contributed by atoms with van der Waals surface area (Å²) in [5.41, 5.74) is -0.236. The van der Waals surface area contributed by atoms with Gasteiger partial charge in [0.05, 0.1) is 20.3 Å². The Hall–Kier alpha value is -3.92. The van der Waals surface area contributed by atoms with Gasteiger partial charge in [-0.05, 0) is 49.1 Å². The van der Waals surface area contributed by atoms with E-state index in [0.29, 0.717) is 30.2 Å². The van der Waals surface area contributed by atoms with Crippen molar-refractivity contribution in [3.05, 3.63) is 75.6 Å². The zero-order valence-corrected chi connectivity index (χ0v) is 20.6. The highest BCUT2D eigenvalue weighted by Crippen LogP contribution is 2.37. The number of para-hydroxylation sites is 1. The van der Waals surface area contributed by atoms with Crippen molar-refractivity contribution in [3.8, 4) is 23.1 Å². The van der Waals surface area contributed by atoms with Crippen LogP contribution in [-0.2, 0) is 11.3 Å². The van der Waals surface area contributed by atoms with Crippen molar-refractivity contribution in [2.45, 2.75) is 37.9 Å². The molecule has 0 radical (unpaired) electrons. The van der Waals surface area contributed by atoms with Crippen LogP contribution in [0.5, 0.6) is 17.4 Å². The first-order chi connectivity index (χ1) is 17.9. The molecule has 1 saturated heterocycles. The lowest BCUT2D eigenvalue weighted by atomic mass is 9.98. The van der Waals surface area contributed by atoms with Gasteiger partial charge in [0.2, 0.25) is 5.88 Å². The SMILES string of the molecule is COc1cccc(OC)c1-n1c(COC2CC2)nc(=O)c(C(=O)N2CCC(c3cccc(F)c3)C2)c1O. The minimum atomic E-state index is -0.851. The van der Waals surface area contributed by atoms with Crippen LogP contribution in [0.15, 0.2) is 47.3 Å². The Morgan fingerprint density at radius 1 is 1.11 bits per heavy atom. The van der Waals surface area contributed by atoms with Gasteiger partial charge in [0.25, 0.3) is 11.5 Å². The third-order valence-electron chi connectivity index (χ3n) is 6.75. The molecule has 194 valence electrons. The smallest absolute Gasteiger partial charge is 0.289 e. The third-order valence-corrected chi connectivity index (χ3v) is 6.75. The number of amides is 1. The molecule has 1 N–H and O–H groups in total. The number of rotatable bonds is 8. The fraction of sp³-hybridized carbons (Fsp3) is 0.370. The second kappa shape index (κ2) is 10.2. The zero-order chi connectivity index (χ0) is 26.1. The summed E-state index contributed by atoms with van der Waals surface area (Å²) in [7, 11) is 2.93. The van der Waals surface area contributed by atoms with E-state index < -0.39 is 22.9 Å². The number of aromatic hydroxyl groups is 1. The lowest BCUT2D eigenvalue weighted by Crippen LogP contribution is -2.35. The first kappa shape index (κ1) is 24.8. The summed E-state index contributed by atoms with van der Waals surface area (Å²) >= 11 is 0. The summed E-state index contributed by atoms with van der Waals surface area (Å²) < 4.78 is 31.8. The summed E-state index contributed by atoms with van der Waals surface area (Å²) in [6.45, 7) is 0.587. The number of aromatic nitrogens is 2. The van der Waals surface area contributed by atoms with Gasteiger partial charge in [-0.2, -0.15) is 4.98 Å². The minimum absolute atomic E-state index is 0.0471. The standard InChI is InChI=1S/C27H28FN3O6/c1-35-20-7-4-8-21(36-2)24(20)31-22(15-37-19-9-10-19)29-25(32)23(27(31)34)26(33)30-12-11-17(14-30)16-5-3-6-18(28)13-16/h3-8,13,17,19,34H,9-12,14-15H2,1-2H3.